The van der Waals surface area contributed by atoms with Gasteiger partial charge in [0.05, 0.1) is 0 Å². The second-order valence-electron chi connectivity index (χ2n) is 4.60. The molecule has 0 aliphatic carbocycles. The van der Waals surface area contributed by atoms with Crippen LogP contribution >= 0.6 is 0 Å². The maximum atomic E-state index is 4.59. The lowest BCUT2D eigenvalue weighted by Crippen LogP contribution is -2.40. The normalized spacial score (nSPS) is 27.8. The SMILES string of the molecule is CC(C)[C@@H]1NCCC2=C1CCCC=N2. The molecule has 0 bridgehead atoms. The molecule has 0 saturated carbocycles. The molecule has 0 radical (unpaired) electrons. The highest BCUT2D eigenvalue weighted by atomic mass is 15.0. The van der Waals surface area contributed by atoms with Crippen molar-refractivity contribution in [2.45, 2.75) is 45.6 Å². The zero-order chi connectivity index (χ0) is 9.97. The molecule has 0 aromatic carbocycles. The first-order valence-corrected chi connectivity index (χ1v) is 5.77. The van der Waals surface area contributed by atoms with Crippen molar-refractivity contribution in [3.63, 3.8) is 0 Å². The molecule has 78 valence electrons. The van der Waals surface area contributed by atoms with E-state index in [4.69, 9.17) is 0 Å². The predicted molar refractivity (Wildman–Crippen MR) is 60.6 cm³/mol. The van der Waals surface area contributed by atoms with Crippen LogP contribution in [0.25, 0.3) is 0 Å². The van der Waals surface area contributed by atoms with Crippen LogP contribution in [0.4, 0.5) is 0 Å². The van der Waals surface area contributed by atoms with Crippen molar-refractivity contribution in [2.75, 3.05) is 6.54 Å². The van der Waals surface area contributed by atoms with E-state index in [9.17, 15) is 0 Å². The lowest BCUT2D eigenvalue weighted by molar-refractivity contribution is 0.415. The maximum Gasteiger partial charge on any atom is 0.0420 e. The van der Waals surface area contributed by atoms with Crippen LogP contribution in [0.3, 0.4) is 0 Å². The second-order valence-corrected chi connectivity index (χ2v) is 4.60. The van der Waals surface area contributed by atoms with Gasteiger partial charge in [-0.05, 0) is 30.8 Å². The van der Waals surface area contributed by atoms with Gasteiger partial charge in [0.15, 0.2) is 0 Å². The number of aliphatic imine (C=N–C) groups is 1. The summed E-state index contributed by atoms with van der Waals surface area (Å²) in [5, 5.41) is 3.61. The molecule has 2 aliphatic heterocycles. The van der Waals surface area contributed by atoms with E-state index >= 15 is 0 Å². The Balaban J connectivity index is 2.25. The Hall–Kier alpha value is -0.630. The molecule has 0 aromatic heterocycles. The molecule has 0 unspecified atom stereocenters. The minimum absolute atomic E-state index is 0.578. The van der Waals surface area contributed by atoms with Crippen molar-refractivity contribution in [1.29, 1.82) is 0 Å². The van der Waals surface area contributed by atoms with Crippen LogP contribution in [0.2, 0.25) is 0 Å². The van der Waals surface area contributed by atoms with Crippen LogP contribution in [0.15, 0.2) is 16.3 Å². The van der Waals surface area contributed by atoms with Crippen molar-refractivity contribution < 1.29 is 0 Å². The van der Waals surface area contributed by atoms with Gasteiger partial charge in [-0.15, -0.1) is 0 Å². The molecule has 2 aliphatic rings. The Morgan fingerprint density at radius 3 is 3.07 bits per heavy atom. The highest BCUT2D eigenvalue weighted by Crippen LogP contribution is 2.28. The first kappa shape index (κ1) is 9.91. The van der Waals surface area contributed by atoms with Gasteiger partial charge in [0, 0.05) is 30.9 Å². The minimum atomic E-state index is 0.578. The number of hydrogen-bond acceptors (Lipinski definition) is 2. The molecule has 0 spiro atoms. The van der Waals surface area contributed by atoms with E-state index in [1.54, 1.807) is 5.57 Å². The molecule has 0 aromatic rings. The van der Waals surface area contributed by atoms with Gasteiger partial charge in [-0.1, -0.05) is 13.8 Å². The second kappa shape index (κ2) is 4.26. The average molecular weight is 192 g/mol. The molecule has 0 saturated heterocycles. The number of hydrogen-bond donors (Lipinski definition) is 1. The summed E-state index contributed by atoms with van der Waals surface area (Å²) < 4.78 is 0. The van der Waals surface area contributed by atoms with Crippen LogP contribution in [0, 0.1) is 5.92 Å². The van der Waals surface area contributed by atoms with E-state index in [2.05, 4.69) is 30.4 Å². The van der Waals surface area contributed by atoms with Gasteiger partial charge in [0.1, 0.15) is 0 Å². The molecule has 0 fully saturated rings. The van der Waals surface area contributed by atoms with Gasteiger partial charge in [-0.2, -0.15) is 0 Å². The van der Waals surface area contributed by atoms with Crippen LogP contribution in [-0.4, -0.2) is 18.8 Å². The van der Waals surface area contributed by atoms with Gasteiger partial charge < -0.3 is 5.32 Å². The van der Waals surface area contributed by atoms with Gasteiger partial charge >= 0.3 is 0 Å². The summed E-state index contributed by atoms with van der Waals surface area (Å²) in [6.45, 7) is 5.68. The molecule has 2 nitrogen and oxygen atoms in total. The van der Waals surface area contributed by atoms with Crippen LogP contribution < -0.4 is 5.32 Å². The van der Waals surface area contributed by atoms with Gasteiger partial charge in [-0.25, -0.2) is 0 Å². The first-order valence-electron chi connectivity index (χ1n) is 5.77. The minimum Gasteiger partial charge on any atom is -0.310 e. The Morgan fingerprint density at radius 1 is 1.43 bits per heavy atom. The fourth-order valence-corrected chi connectivity index (χ4v) is 2.45. The average Bonchev–Trinajstić information content (AvgIpc) is 2.41. The summed E-state index contributed by atoms with van der Waals surface area (Å²) in [7, 11) is 0. The third kappa shape index (κ3) is 1.90. The Kier molecular flexibility index (Phi) is 3.02. The van der Waals surface area contributed by atoms with Crippen LogP contribution in [-0.2, 0) is 0 Å². The van der Waals surface area contributed by atoms with Gasteiger partial charge in [0.2, 0.25) is 0 Å². The Bertz CT molecular complexity index is 263. The quantitative estimate of drug-likeness (QED) is 0.678. The summed E-state index contributed by atoms with van der Waals surface area (Å²) in [5.74, 6) is 0.689. The predicted octanol–water partition coefficient (Wildman–Crippen LogP) is 2.51. The summed E-state index contributed by atoms with van der Waals surface area (Å²) in [4.78, 5) is 4.59. The smallest absolute Gasteiger partial charge is 0.0420 e. The van der Waals surface area contributed by atoms with Crippen LogP contribution in [0.5, 0.6) is 0 Å². The first-order chi connectivity index (χ1) is 6.79. The van der Waals surface area contributed by atoms with Crippen molar-refractivity contribution in [2.24, 2.45) is 10.9 Å². The molecule has 1 N–H and O–H groups in total. The van der Waals surface area contributed by atoms with E-state index < -0.39 is 0 Å². The highest BCUT2D eigenvalue weighted by molar-refractivity contribution is 5.60. The van der Waals surface area contributed by atoms with E-state index in [1.807, 2.05) is 0 Å². The Morgan fingerprint density at radius 2 is 2.29 bits per heavy atom. The standard InChI is InChI=1S/C12H20N2/c1-9(2)12-10-5-3-4-7-13-11(10)6-8-14-12/h7,9,12,14H,3-6,8H2,1-2H3/t12-/m0/s1. The van der Waals surface area contributed by atoms with Crippen molar-refractivity contribution in [1.82, 2.24) is 5.32 Å². The maximum absolute atomic E-state index is 4.59. The van der Waals surface area contributed by atoms with Crippen molar-refractivity contribution >= 4 is 6.21 Å². The highest BCUT2D eigenvalue weighted by Gasteiger charge is 2.25. The largest absolute Gasteiger partial charge is 0.310 e. The third-order valence-corrected chi connectivity index (χ3v) is 3.17. The number of rotatable bonds is 1. The van der Waals surface area contributed by atoms with Gasteiger partial charge in [0.25, 0.3) is 0 Å². The fourth-order valence-electron chi connectivity index (χ4n) is 2.45. The molecule has 2 rings (SSSR count). The summed E-state index contributed by atoms with van der Waals surface area (Å²) in [6.07, 6.45) is 6.89. The van der Waals surface area contributed by atoms with Crippen LogP contribution in [0.1, 0.15) is 39.5 Å². The monoisotopic (exact) mass is 192 g/mol. The van der Waals surface area contributed by atoms with Crippen molar-refractivity contribution in [3.05, 3.63) is 11.3 Å². The summed E-state index contributed by atoms with van der Waals surface area (Å²) in [6, 6.07) is 0.578. The fraction of sp³-hybridized carbons (Fsp3) is 0.750. The number of nitrogens with zero attached hydrogens (tertiary/aromatic N) is 1. The zero-order valence-corrected chi connectivity index (χ0v) is 9.21. The van der Waals surface area contributed by atoms with E-state index in [1.165, 1.54) is 18.5 Å². The van der Waals surface area contributed by atoms with E-state index in [-0.39, 0.29) is 0 Å². The molecular formula is C12H20N2. The lowest BCUT2D eigenvalue weighted by atomic mass is 9.88. The summed E-state index contributed by atoms with van der Waals surface area (Å²) >= 11 is 0. The molecule has 0 amide bonds. The molecule has 2 heteroatoms. The molecular weight excluding hydrogens is 172 g/mol. The summed E-state index contributed by atoms with van der Waals surface area (Å²) in [5.41, 5.74) is 2.96. The number of nitrogens with one attached hydrogen (secondary N) is 1. The molecule has 2 heterocycles. The topological polar surface area (TPSA) is 24.4 Å². The molecule has 14 heavy (non-hydrogen) atoms. The van der Waals surface area contributed by atoms with Gasteiger partial charge in [-0.3, -0.25) is 4.99 Å². The third-order valence-electron chi connectivity index (χ3n) is 3.17. The zero-order valence-electron chi connectivity index (χ0n) is 9.21. The van der Waals surface area contributed by atoms with Crippen molar-refractivity contribution in [3.8, 4) is 0 Å². The van der Waals surface area contributed by atoms with E-state index in [0.29, 0.717) is 12.0 Å². The van der Waals surface area contributed by atoms with E-state index in [0.717, 1.165) is 19.4 Å². The Labute approximate surface area is 86.5 Å². The lowest BCUT2D eigenvalue weighted by Gasteiger charge is -2.30. The molecule has 1 atom stereocenters.